The Bertz CT molecular complexity index is 351. The number of rotatable bonds is 4. The van der Waals surface area contributed by atoms with Gasteiger partial charge >= 0.3 is 6.18 Å². The molecule has 0 fully saturated rings. The molecule has 16 heavy (non-hydrogen) atoms. The van der Waals surface area contributed by atoms with Crippen molar-refractivity contribution < 1.29 is 17.6 Å². The summed E-state index contributed by atoms with van der Waals surface area (Å²) in [5.74, 6) is -0.114. The number of halogens is 4. The van der Waals surface area contributed by atoms with Gasteiger partial charge in [0.1, 0.15) is 5.82 Å². The molecule has 0 spiro atoms. The first kappa shape index (κ1) is 13.2. The highest BCUT2D eigenvalue weighted by atomic mass is 32.2. The smallest absolute Gasteiger partial charge is 0.382 e. The predicted octanol–water partition coefficient (Wildman–Crippen LogP) is 3.62. The minimum Gasteiger partial charge on any atom is -0.382 e. The normalized spacial score (nSPS) is 11.6. The van der Waals surface area contributed by atoms with E-state index < -0.39 is 17.6 Å². The van der Waals surface area contributed by atoms with Crippen molar-refractivity contribution in [3.05, 3.63) is 29.6 Å². The van der Waals surface area contributed by atoms with Crippen LogP contribution in [0.4, 0.5) is 23.2 Å². The van der Waals surface area contributed by atoms with Crippen molar-refractivity contribution in [2.75, 3.05) is 23.9 Å². The third-order valence-corrected chi connectivity index (χ3v) is 2.53. The molecular weight excluding hydrogens is 242 g/mol. The summed E-state index contributed by atoms with van der Waals surface area (Å²) in [5, 5.41) is 2.73. The van der Waals surface area contributed by atoms with Crippen LogP contribution in [-0.2, 0) is 6.18 Å². The summed E-state index contributed by atoms with van der Waals surface area (Å²) in [7, 11) is 0. The molecule has 1 nitrogen and oxygen atoms in total. The van der Waals surface area contributed by atoms with Crippen LogP contribution in [0.1, 0.15) is 5.56 Å². The van der Waals surface area contributed by atoms with Gasteiger partial charge < -0.3 is 5.32 Å². The van der Waals surface area contributed by atoms with Gasteiger partial charge in [-0.2, -0.15) is 24.9 Å². The number of thioether (sulfide) groups is 1. The van der Waals surface area contributed by atoms with Gasteiger partial charge in [0.2, 0.25) is 0 Å². The van der Waals surface area contributed by atoms with E-state index in [-0.39, 0.29) is 5.69 Å². The maximum atomic E-state index is 13.2. The summed E-state index contributed by atoms with van der Waals surface area (Å²) in [6.45, 7) is 0.517. The molecule has 0 heterocycles. The van der Waals surface area contributed by atoms with E-state index in [4.69, 9.17) is 0 Å². The standard InChI is InChI=1S/C10H11F4NS/c1-16-5-4-15-9-3-2-7(6-8(9)11)10(12,13)14/h2-3,6,15H,4-5H2,1H3. The molecule has 90 valence electrons. The number of anilines is 1. The highest BCUT2D eigenvalue weighted by Gasteiger charge is 2.31. The second-order valence-electron chi connectivity index (χ2n) is 3.11. The van der Waals surface area contributed by atoms with Gasteiger partial charge in [-0.05, 0) is 24.5 Å². The van der Waals surface area contributed by atoms with E-state index in [2.05, 4.69) is 5.32 Å². The fourth-order valence-electron chi connectivity index (χ4n) is 1.12. The molecule has 0 amide bonds. The molecule has 1 aromatic rings. The van der Waals surface area contributed by atoms with Crippen LogP contribution in [0.25, 0.3) is 0 Å². The van der Waals surface area contributed by atoms with Gasteiger partial charge in [0.15, 0.2) is 0 Å². The van der Waals surface area contributed by atoms with Gasteiger partial charge in [0.05, 0.1) is 11.3 Å². The van der Waals surface area contributed by atoms with Crippen molar-refractivity contribution >= 4 is 17.4 Å². The molecule has 0 aliphatic heterocycles. The Labute approximate surface area is 95.2 Å². The molecule has 0 aliphatic carbocycles. The van der Waals surface area contributed by atoms with E-state index in [1.54, 1.807) is 11.8 Å². The molecule has 6 heteroatoms. The Balaban J connectivity index is 2.76. The maximum absolute atomic E-state index is 13.2. The quantitative estimate of drug-likeness (QED) is 0.649. The third-order valence-electron chi connectivity index (χ3n) is 1.92. The topological polar surface area (TPSA) is 12.0 Å². The summed E-state index contributed by atoms with van der Waals surface area (Å²) in [5.41, 5.74) is -0.873. The van der Waals surface area contributed by atoms with Crippen LogP contribution in [0.2, 0.25) is 0 Å². The van der Waals surface area contributed by atoms with Crippen molar-refractivity contribution in [1.29, 1.82) is 0 Å². The van der Waals surface area contributed by atoms with Crippen LogP contribution in [0.5, 0.6) is 0 Å². The van der Waals surface area contributed by atoms with Gasteiger partial charge in [-0.25, -0.2) is 4.39 Å². The lowest BCUT2D eigenvalue weighted by Gasteiger charge is -2.10. The molecule has 0 aliphatic rings. The second-order valence-corrected chi connectivity index (χ2v) is 4.10. The zero-order valence-corrected chi connectivity index (χ0v) is 9.38. The number of nitrogens with one attached hydrogen (secondary N) is 1. The van der Waals surface area contributed by atoms with Crippen molar-refractivity contribution in [2.24, 2.45) is 0 Å². The SMILES string of the molecule is CSCCNc1ccc(C(F)(F)F)cc1F. The van der Waals surface area contributed by atoms with Gasteiger partial charge in [0, 0.05) is 12.3 Å². The Kier molecular flexibility index (Phi) is 4.46. The Morgan fingerprint density at radius 1 is 1.31 bits per heavy atom. The van der Waals surface area contributed by atoms with Crippen LogP contribution in [0.3, 0.4) is 0 Å². The van der Waals surface area contributed by atoms with Gasteiger partial charge in [-0.1, -0.05) is 0 Å². The van der Waals surface area contributed by atoms with Crippen LogP contribution in [0, 0.1) is 5.82 Å². The highest BCUT2D eigenvalue weighted by molar-refractivity contribution is 7.98. The Hall–Kier alpha value is -0.910. The molecule has 1 N–H and O–H groups in total. The number of hydrogen-bond donors (Lipinski definition) is 1. The summed E-state index contributed by atoms with van der Waals surface area (Å²) in [6.07, 6.45) is -2.61. The number of hydrogen-bond acceptors (Lipinski definition) is 2. The largest absolute Gasteiger partial charge is 0.416 e. The lowest BCUT2D eigenvalue weighted by molar-refractivity contribution is -0.137. The molecule has 0 radical (unpaired) electrons. The summed E-state index contributed by atoms with van der Waals surface area (Å²) >= 11 is 1.57. The summed E-state index contributed by atoms with van der Waals surface area (Å²) in [6, 6.07) is 2.48. The van der Waals surface area contributed by atoms with Crippen molar-refractivity contribution in [2.45, 2.75) is 6.18 Å². The predicted molar refractivity (Wildman–Crippen MR) is 58.3 cm³/mol. The molecule has 1 aromatic carbocycles. The molecule has 0 atom stereocenters. The Morgan fingerprint density at radius 3 is 2.50 bits per heavy atom. The van der Waals surface area contributed by atoms with Crippen molar-refractivity contribution in [3.63, 3.8) is 0 Å². The van der Waals surface area contributed by atoms with Crippen molar-refractivity contribution in [1.82, 2.24) is 0 Å². The average Bonchev–Trinajstić information content (AvgIpc) is 2.19. The van der Waals surface area contributed by atoms with Gasteiger partial charge in [-0.15, -0.1) is 0 Å². The van der Waals surface area contributed by atoms with Crippen LogP contribution in [0.15, 0.2) is 18.2 Å². The third kappa shape index (κ3) is 3.59. The molecular formula is C10H11F4NS. The van der Waals surface area contributed by atoms with E-state index in [9.17, 15) is 17.6 Å². The van der Waals surface area contributed by atoms with Crippen molar-refractivity contribution in [3.8, 4) is 0 Å². The van der Waals surface area contributed by atoms with E-state index in [1.807, 2.05) is 6.26 Å². The first-order valence-electron chi connectivity index (χ1n) is 4.54. The van der Waals surface area contributed by atoms with Gasteiger partial charge in [-0.3, -0.25) is 0 Å². The zero-order valence-electron chi connectivity index (χ0n) is 8.57. The first-order valence-corrected chi connectivity index (χ1v) is 5.94. The van der Waals surface area contributed by atoms with E-state index in [0.717, 1.165) is 17.9 Å². The fraction of sp³-hybridized carbons (Fsp3) is 0.400. The second kappa shape index (κ2) is 5.43. The molecule has 0 unspecified atom stereocenters. The number of alkyl halides is 3. The molecule has 0 bridgehead atoms. The van der Waals surface area contributed by atoms with E-state index in [1.165, 1.54) is 0 Å². The minimum absolute atomic E-state index is 0.0991. The highest BCUT2D eigenvalue weighted by Crippen LogP contribution is 2.31. The zero-order chi connectivity index (χ0) is 12.2. The molecule has 0 saturated heterocycles. The molecule has 0 aromatic heterocycles. The van der Waals surface area contributed by atoms with E-state index >= 15 is 0 Å². The average molecular weight is 253 g/mol. The van der Waals surface area contributed by atoms with Gasteiger partial charge in [0.25, 0.3) is 0 Å². The summed E-state index contributed by atoms with van der Waals surface area (Å²) < 4.78 is 49.9. The molecule has 0 saturated carbocycles. The first-order chi connectivity index (χ1) is 7.45. The maximum Gasteiger partial charge on any atom is 0.416 e. The molecule has 1 rings (SSSR count). The van der Waals surface area contributed by atoms with E-state index in [0.29, 0.717) is 12.6 Å². The number of benzene rings is 1. The fourth-order valence-corrected chi connectivity index (χ4v) is 1.43. The minimum atomic E-state index is -4.50. The lowest BCUT2D eigenvalue weighted by atomic mass is 10.2. The summed E-state index contributed by atoms with van der Waals surface area (Å²) in [4.78, 5) is 0. The monoisotopic (exact) mass is 253 g/mol. The lowest BCUT2D eigenvalue weighted by Crippen LogP contribution is -2.09. The van der Waals surface area contributed by atoms with Crippen LogP contribution >= 0.6 is 11.8 Å². The van der Waals surface area contributed by atoms with Crippen LogP contribution < -0.4 is 5.32 Å². The van der Waals surface area contributed by atoms with Crippen LogP contribution in [-0.4, -0.2) is 18.6 Å². The Morgan fingerprint density at radius 2 is 2.00 bits per heavy atom.